The second-order valence-corrected chi connectivity index (χ2v) is 4.98. The average molecular weight is 219 g/mol. The van der Waals surface area contributed by atoms with Crippen molar-refractivity contribution in [3.8, 4) is 0 Å². The minimum atomic E-state index is -0.114. The zero-order chi connectivity index (χ0) is 11.5. The van der Waals surface area contributed by atoms with Crippen LogP contribution in [-0.2, 0) is 6.54 Å². The maximum atomic E-state index is 9.71. The smallest absolute Gasteiger partial charge is 0.0569 e. The summed E-state index contributed by atoms with van der Waals surface area (Å²) >= 11 is 0. The molecule has 1 heterocycles. The summed E-state index contributed by atoms with van der Waals surface area (Å²) in [4.78, 5) is 2.49. The van der Waals surface area contributed by atoms with Crippen LogP contribution in [0.3, 0.4) is 0 Å². The van der Waals surface area contributed by atoms with Crippen LogP contribution in [0.1, 0.15) is 32.3 Å². The predicted molar refractivity (Wildman–Crippen MR) is 66.1 cm³/mol. The number of likely N-dealkylation sites (tertiary alicyclic amines) is 1. The van der Waals surface area contributed by atoms with Crippen LogP contribution < -0.4 is 0 Å². The van der Waals surface area contributed by atoms with Crippen molar-refractivity contribution in [1.29, 1.82) is 0 Å². The SMILES string of the molecule is C[C@@H]1CC(O)C[C@H](C)N1Cc1ccccc1. The van der Waals surface area contributed by atoms with Crippen LogP contribution in [0.4, 0.5) is 0 Å². The first-order chi connectivity index (χ1) is 7.66. The van der Waals surface area contributed by atoms with Crippen molar-refractivity contribution in [3.63, 3.8) is 0 Å². The van der Waals surface area contributed by atoms with Crippen LogP contribution in [0.25, 0.3) is 0 Å². The molecule has 3 atom stereocenters. The summed E-state index contributed by atoms with van der Waals surface area (Å²) in [5.41, 5.74) is 1.36. The van der Waals surface area contributed by atoms with Gasteiger partial charge in [-0.1, -0.05) is 30.3 Å². The summed E-state index contributed by atoms with van der Waals surface area (Å²) in [6, 6.07) is 11.5. The van der Waals surface area contributed by atoms with Crippen molar-refractivity contribution in [2.45, 2.75) is 51.4 Å². The number of benzene rings is 1. The number of piperidine rings is 1. The minimum Gasteiger partial charge on any atom is -0.393 e. The lowest BCUT2D eigenvalue weighted by atomic mass is 9.94. The Kier molecular flexibility index (Phi) is 3.62. The Balaban J connectivity index is 2.03. The van der Waals surface area contributed by atoms with Crippen LogP contribution in [0.2, 0.25) is 0 Å². The van der Waals surface area contributed by atoms with Crippen molar-refractivity contribution in [2.75, 3.05) is 0 Å². The highest BCUT2D eigenvalue weighted by molar-refractivity contribution is 5.14. The molecule has 1 saturated heterocycles. The summed E-state index contributed by atoms with van der Waals surface area (Å²) in [6.45, 7) is 5.42. The van der Waals surface area contributed by atoms with Crippen LogP contribution in [0.5, 0.6) is 0 Å². The summed E-state index contributed by atoms with van der Waals surface area (Å²) in [5, 5.41) is 9.71. The van der Waals surface area contributed by atoms with E-state index < -0.39 is 0 Å². The Morgan fingerprint density at radius 3 is 2.25 bits per heavy atom. The van der Waals surface area contributed by atoms with Gasteiger partial charge < -0.3 is 5.11 Å². The summed E-state index contributed by atoms with van der Waals surface area (Å²) < 4.78 is 0. The molecule has 16 heavy (non-hydrogen) atoms. The molecule has 2 nitrogen and oxygen atoms in total. The summed E-state index contributed by atoms with van der Waals surface area (Å²) in [6.07, 6.45) is 1.69. The molecule has 1 aromatic rings. The van der Waals surface area contributed by atoms with Gasteiger partial charge in [0.2, 0.25) is 0 Å². The number of aliphatic hydroxyl groups is 1. The first-order valence-corrected chi connectivity index (χ1v) is 6.14. The second-order valence-electron chi connectivity index (χ2n) is 4.98. The van der Waals surface area contributed by atoms with Crippen LogP contribution >= 0.6 is 0 Å². The maximum Gasteiger partial charge on any atom is 0.0569 e. The molecule has 2 rings (SSSR count). The molecule has 0 amide bonds. The second kappa shape index (κ2) is 4.98. The molecule has 1 N–H and O–H groups in total. The zero-order valence-electron chi connectivity index (χ0n) is 10.1. The van der Waals surface area contributed by atoms with Gasteiger partial charge in [0.25, 0.3) is 0 Å². The largest absolute Gasteiger partial charge is 0.393 e. The van der Waals surface area contributed by atoms with Gasteiger partial charge in [0.1, 0.15) is 0 Å². The van der Waals surface area contributed by atoms with E-state index in [4.69, 9.17) is 0 Å². The molecule has 0 bridgehead atoms. The number of hydrogen-bond donors (Lipinski definition) is 1. The third-order valence-corrected chi connectivity index (χ3v) is 3.57. The molecule has 0 aliphatic carbocycles. The molecular formula is C14H21NO. The van der Waals surface area contributed by atoms with Gasteiger partial charge in [0, 0.05) is 18.6 Å². The van der Waals surface area contributed by atoms with Gasteiger partial charge in [-0.05, 0) is 32.3 Å². The quantitative estimate of drug-likeness (QED) is 0.825. The van der Waals surface area contributed by atoms with Gasteiger partial charge in [-0.3, -0.25) is 4.90 Å². The van der Waals surface area contributed by atoms with Crippen molar-refractivity contribution < 1.29 is 5.11 Å². The zero-order valence-corrected chi connectivity index (χ0v) is 10.1. The molecule has 1 fully saturated rings. The van der Waals surface area contributed by atoms with E-state index in [9.17, 15) is 5.11 Å². The van der Waals surface area contributed by atoms with E-state index in [0.29, 0.717) is 12.1 Å². The van der Waals surface area contributed by atoms with E-state index in [1.807, 2.05) is 0 Å². The monoisotopic (exact) mass is 219 g/mol. The van der Waals surface area contributed by atoms with E-state index in [1.54, 1.807) is 0 Å². The Bertz CT molecular complexity index is 313. The van der Waals surface area contributed by atoms with Crippen LogP contribution in [-0.4, -0.2) is 28.2 Å². The summed E-state index contributed by atoms with van der Waals surface area (Å²) in [7, 11) is 0. The van der Waals surface area contributed by atoms with Crippen molar-refractivity contribution >= 4 is 0 Å². The minimum absolute atomic E-state index is 0.114. The van der Waals surface area contributed by atoms with Gasteiger partial charge in [-0.15, -0.1) is 0 Å². The molecule has 0 aromatic heterocycles. The third-order valence-electron chi connectivity index (χ3n) is 3.57. The van der Waals surface area contributed by atoms with Gasteiger partial charge in [0.05, 0.1) is 6.10 Å². The predicted octanol–water partition coefficient (Wildman–Crippen LogP) is 2.42. The van der Waals surface area contributed by atoms with E-state index in [0.717, 1.165) is 19.4 Å². The van der Waals surface area contributed by atoms with Gasteiger partial charge in [0.15, 0.2) is 0 Å². The number of hydrogen-bond acceptors (Lipinski definition) is 2. The molecule has 1 aromatic carbocycles. The van der Waals surface area contributed by atoms with Crippen molar-refractivity contribution in [2.24, 2.45) is 0 Å². The fourth-order valence-electron chi connectivity index (χ4n) is 2.69. The van der Waals surface area contributed by atoms with Crippen LogP contribution in [0, 0.1) is 0 Å². The molecule has 1 aliphatic rings. The molecule has 1 aliphatic heterocycles. The Hall–Kier alpha value is -0.860. The lowest BCUT2D eigenvalue weighted by Crippen LogP contribution is -2.47. The average Bonchev–Trinajstić information content (AvgIpc) is 2.25. The highest BCUT2D eigenvalue weighted by Gasteiger charge is 2.29. The van der Waals surface area contributed by atoms with E-state index >= 15 is 0 Å². The van der Waals surface area contributed by atoms with Crippen molar-refractivity contribution in [3.05, 3.63) is 35.9 Å². The summed E-state index contributed by atoms with van der Waals surface area (Å²) in [5.74, 6) is 0. The molecule has 0 radical (unpaired) electrons. The van der Waals surface area contributed by atoms with E-state index in [-0.39, 0.29) is 6.10 Å². The number of nitrogens with zero attached hydrogens (tertiary/aromatic N) is 1. The standard InChI is InChI=1S/C14H21NO/c1-11-8-14(16)9-12(2)15(11)10-13-6-4-3-5-7-13/h3-7,11-12,14,16H,8-10H2,1-2H3/t11-,12+,14?. The Labute approximate surface area is 97.9 Å². The highest BCUT2D eigenvalue weighted by atomic mass is 16.3. The first-order valence-electron chi connectivity index (χ1n) is 6.14. The Morgan fingerprint density at radius 1 is 1.12 bits per heavy atom. The Morgan fingerprint density at radius 2 is 1.69 bits per heavy atom. The normalized spacial score (nSPS) is 31.6. The fraction of sp³-hybridized carbons (Fsp3) is 0.571. The molecule has 88 valence electrons. The molecule has 0 spiro atoms. The first kappa shape index (κ1) is 11.6. The number of aliphatic hydroxyl groups excluding tert-OH is 1. The lowest BCUT2D eigenvalue weighted by Gasteiger charge is -2.41. The van der Waals surface area contributed by atoms with Crippen molar-refractivity contribution in [1.82, 2.24) is 4.90 Å². The van der Waals surface area contributed by atoms with Gasteiger partial charge >= 0.3 is 0 Å². The molecule has 0 saturated carbocycles. The van der Waals surface area contributed by atoms with Crippen LogP contribution in [0.15, 0.2) is 30.3 Å². The molecule has 2 heteroatoms. The lowest BCUT2D eigenvalue weighted by molar-refractivity contribution is 0.00864. The topological polar surface area (TPSA) is 23.5 Å². The maximum absolute atomic E-state index is 9.71. The molecular weight excluding hydrogens is 198 g/mol. The molecule has 1 unspecified atom stereocenters. The van der Waals surface area contributed by atoms with Gasteiger partial charge in [-0.2, -0.15) is 0 Å². The highest BCUT2D eigenvalue weighted by Crippen LogP contribution is 2.24. The fourth-order valence-corrected chi connectivity index (χ4v) is 2.69. The van der Waals surface area contributed by atoms with Gasteiger partial charge in [-0.25, -0.2) is 0 Å². The van der Waals surface area contributed by atoms with E-state index in [1.165, 1.54) is 5.56 Å². The van der Waals surface area contributed by atoms with E-state index in [2.05, 4.69) is 49.1 Å². The number of rotatable bonds is 2. The third kappa shape index (κ3) is 2.63.